The van der Waals surface area contributed by atoms with Gasteiger partial charge in [-0.15, -0.1) is 0 Å². The molecule has 1 unspecified atom stereocenters. The number of hydrogen-bond acceptors (Lipinski definition) is 7. The molecule has 0 fully saturated rings. The first kappa shape index (κ1) is 24.1. The number of fused-ring (bicyclic) bond motifs is 1. The molecular formula is C22H33N5O5. The number of nitrogens with zero attached hydrogens (tertiary/aromatic N) is 3. The fraction of sp³-hybridized carbons (Fsp3) is 0.591. The molecule has 0 bridgehead atoms. The lowest BCUT2D eigenvalue weighted by molar-refractivity contribution is 0.0133. The Bertz CT molecular complexity index is 801. The molecule has 0 saturated carbocycles. The normalized spacial score (nSPS) is 15.4. The van der Waals surface area contributed by atoms with Gasteiger partial charge in [0.15, 0.2) is 0 Å². The Morgan fingerprint density at radius 3 is 2.66 bits per heavy atom. The third-order valence-electron chi connectivity index (χ3n) is 5.23. The fourth-order valence-electron chi connectivity index (χ4n) is 3.68. The van der Waals surface area contributed by atoms with E-state index in [2.05, 4.69) is 25.4 Å². The van der Waals surface area contributed by atoms with Crippen LogP contribution in [0.2, 0.25) is 0 Å². The van der Waals surface area contributed by atoms with Gasteiger partial charge in [0.25, 0.3) is 0 Å². The Morgan fingerprint density at radius 1 is 1.12 bits per heavy atom. The lowest BCUT2D eigenvalue weighted by Gasteiger charge is -2.24. The van der Waals surface area contributed by atoms with Gasteiger partial charge in [0.1, 0.15) is 0 Å². The Kier molecular flexibility index (Phi) is 10.4. The largest absolute Gasteiger partial charge is 0.465 e. The van der Waals surface area contributed by atoms with Crippen molar-refractivity contribution in [2.45, 2.75) is 38.4 Å². The Hall–Kier alpha value is -2.53. The topological polar surface area (TPSA) is 120 Å². The molecule has 3 rings (SSSR count). The summed E-state index contributed by atoms with van der Waals surface area (Å²) in [6, 6.07) is 6.29. The van der Waals surface area contributed by atoms with Crippen LogP contribution in [0.5, 0.6) is 0 Å². The second kappa shape index (κ2) is 13.8. The molecule has 0 radical (unpaired) electrons. The van der Waals surface area contributed by atoms with Crippen molar-refractivity contribution in [3.63, 3.8) is 0 Å². The van der Waals surface area contributed by atoms with Crippen LogP contribution in [-0.2, 0) is 33.7 Å². The molecule has 3 N–H and O–H groups in total. The van der Waals surface area contributed by atoms with Gasteiger partial charge >= 0.3 is 6.09 Å². The molecule has 2 aromatic heterocycles. The summed E-state index contributed by atoms with van der Waals surface area (Å²) in [5.74, 6) is 0. The minimum atomic E-state index is -1.05. The lowest BCUT2D eigenvalue weighted by Crippen LogP contribution is -2.26. The molecule has 0 aromatic carbocycles. The number of nitrogens with one attached hydrogen (secondary N) is 2. The van der Waals surface area contributed by atoms with Crippen molar-refractivity contribution in [1.29, 1.82) is 0 Å². The second-order valence-corrected chi connectivity index (χ2v) is 7.49. The zero-order valence-electron chi connectivity index (χ0n) is 18.4. The zero-order chi connectivity index (χ0) is 22.4. The van der Waals surface area contributed by atoms with Gasteiger partial charge in [0.2, 0.25) is 0 Å². The van der Waals surface area contributed by atoms with E-state index in [-0.39, 0.29) is 6.54 Å². The van der Waals surface area contributed by atoms with Crippen LogP contribution in [0.25, 0.3) is 0 Å². The highest BCUT2D eigenvalue weighted by molar-refractivity contribution is 5.64. The molecular weight excluding hydrogens is 414 g/mol. The minimum absolute atomic E-state index is 0.274. The third kappa shape index (κ3) is 8.19. The molecule has 1 aliphatic carbocycles. The van der Waals surface area contributed by atoms with E-state index in [9.17, 15) is 4.79 Å². The van der Waals surface area contributed by atoms with Gasteiger partial charge in [-0.05, 0) is 31.4 Å². The molecule has 2 heterocycles. The third-order valence-corrected chi connectivity index (χ3v) is 5.23. The van der Waals surface area contributed by atoms with Crippen molar-refractivity contribution in [3.8, 4) is 0 Å². The number of amides is 1. The molecule has 1 aliphatic rings. The maximum Gasteiger partial charge on any atom is 0.404 e. The van der Waals surface area contributed by atoms with Crippen LogP contribution in [0, 0.1) is 0 Å². The van der Waals surface area contributed by atoms with Gasteiger partial charge in [-0.25, -0.2) is 4.79 Å². The summed E-state index contributed by atoms with van der Waals surface area (Å²) >= 11 is 0. The van der Waals surface area contributed by atoms with Crippen LogP contribution < -0.4 is 10.6 Å². The second-order valence-electron chi connectivity index (χ2n) is 7.49. The predicted octanol–water partition coefficient (Wildman–Crippen LogP) is 1.76. The van der Waals surface area contributed by atoms with E-state index in [0.29, 0.717) is 45.7 Å². The molecule has 0 saturated heterocycles. The van der Waals surface area contributed by atoms with Gasteiger partial charge < -0.3 is 30.0 Å². The lowest BCUT2D eigenvalue weighted by atomic mass is 9.93. The molecule has 0 spiro atoms. The maximum atomic E-state index is 10.3. The van der Waals surface area contributed by atoms with E-state index in [4.69, 9.17) is 19.3 Å². The molecule has 1 atom stereocenters. The van der Waals surface area contributed by atoms with Crippen molar-refractivity contribution in [3.05, 3.63) is 47.5 Å². The van der Waals surface area contributed by atoms with Crippen LogP contribution in [-0.4, -0.2) is 72.2 Å². The zero-order valence-corrected chi connectivity index (χ0v) is 18.4. The van der Waals surface area contributed by atoms with Crippen molar-refractivity contribution in [1.82, 2.24) is 25.4 Å². The van der Waals surface area contributed by atoms with Gasteiger partial charge in [-0.1, -0.05) is 6.07 Å². The highest BCUT2D eigenvalue weighted by Gasteiger charge is 2.23. The minimum Gasteiger partial charge on any atom is -0.465 e. The highest BCUT2D eigenvalue weighted by Crippen LogP contribution is 2.29. The van der Waals surface area contributed by atoms with Gasteiger partial charge in [0.05, 0.1) is 58.1 Å². The van der Waals surface area contributed by atoms with Crippen molar-refractivity contribution >= 4 is 6.09 Å². The summed E-state index contributed by atoms with van der Waals surface area (Å²) in [5.41, 5.74) is 3.63. The molecule has 2 aromatic rings. The highest BCUT2D eigenvalue weighted by atomic mass is 16.5. The molecule has 10 heteroatoms. The number of rotatable bonds is 15. The summed E-state index contributed by atoms with van der Waals surface area (Å²) in [7, 11) is 0. The first-order chi connectivity index (χ1) is 15.7. The van der Waals surface area contributed by atoms with Crippen molar-refractivity contribution in [2.75, 3.05) is 46.2 Å². The predicted molar refractivity (Wildman–Crippen MR) is 117 cm³/mol. The molecule has 176 valence electrons. The summed E-state index contributed by atoms with van der Waals surface area (Å²) in [5, 5.41) is 18.9. The summed E-state index contributed by atoms with van der Waals surface area (Å²) in [6.45, 7) is 4.56. The smallest absolute Gasteiger partial charge is 0.404 e. The van der Waals surface area contributed by atoms with Crippen molar-refractivity contribution in [2.24, 2.45) is 0 Å². The summed E-state index contributed by atoms with van der Waals surface area (Å²) in [6.07, 6.45) is 6.06. The van der Waals surface area contributed by atoms with E-state index in [1.807, 2.05) is 30.6 Å². The first-order valence-electron chi connectivity index (χ1n) is 11.1. The summed E-state index contributed by atoms with van der Waals surface area (Å²) in [4.78, 5) is 14.7. The Morgan fingerprint density at radius 2 is 1.91 bits per heavy atom. The Balaban J connectivity index is 1.27. The maximum absolute atomic E-state index is 10.3. The van der Waals surface area contributed by atoms with E-state index >= 15 is 0 Å². The van der Waals surface area contributed by atoms with E-state index in [1.165, 1.54) is 11.3 Å². The molecule has 32 heavy (non-hydrogen) atoms. The number of pyridine rings is 1. The number of hydrogen-bond donors (Lipinski definition) is 3. The van der Waals surface area contributed by atoms with E-state index in [0.717, 1.165) is 38.0 Å². The average Bonchev–Trinajstić information content (AvgIpc) is 3.22. The quantitative estimate of drug-likeness (QED) is 0.353. The standard InChI is InChI=1S/C22H33N5O5/c28-22(29)24-8-10-30-12-14-32-15-13-31-11-9-27-21-6-3-5-20(19(21)17-26-27)25-16-18-4-1-2-7-23-18/h1-2,4,7,17,20,24-25H,3,5-6,8-16H2,(H,28,29). The van der Waals surface area contributed by atoms with Gasteiger partial charge in [-0.2, -0.15) is 5.10 Å². The van der Waals surface area contributed by atoms with Gasteiger partial charge in [0, 0.05) is 36.6 Å². The van der Waals surface area contributed by atoms with E-state index in [1.54, 1.807) is 0 Å². The number of ether oxygens (including phenoxy) is 3. The molecule has 0 aliphatic heterocycles. The monoisotopic (exact) mass is 447 g/mol. The average molecular weight is 448 g/mol. The van der Waals surface area contributed by atoms with Crippen LogP contribution in [0.1, 0.15) is 35.8 Å². The van der Waals surface area contributed by atoms with Crippen molar-refractivity contribution < 1.29 is 24.1 Å². The first-order valence-corrected chi connectivity index (χ1v) is 11.1. The fourth-order valence-corrected chi connectivity index (χ4v) is 3.68. The molecule has 1 amide bonds. The van der Waals surface area contributed by atoms with Gasteiger partial charge in [-0.3, -0.25) is 9.67 Å². The number of carboxylic acid groups (broad SMARTS) is 1. The SMILES string of the molecule is O=C(O)NCCOCCOCCOCCn1ncc2c1CCCC2NCc1ccccn1. The molecule has 10 nitrogen and oxygen atoms in total. The van der Waals surface area contributed by atoms with Crippen LogP contribution >= 0.6 is 0 Å². The summed E-state index contributed by atoms with van der Waals surface area (Å²) < 4.78 is 18.4. The van der Waals surface area contributed by atoms with Crippen LogP contribution in [0.3, 0.4) is 0 Å². The van der Waals surface area contributed by atoms with Crippen LogP contribution in [0.15, 0.2) is 30.6 Å². The number of aromatic nitrogens is 3. The van der Waals surface area contributed by atoms with E-state index < -0.39 is 6.09 Å². The number of carbonyl (C=O) groups is 1. The van der Waals surface area contributed by atoms with Crippen LogP contribution in [0.4, 0.5) is 4.79 Å². The Labute approximate surface area is 188 Å².